The second-order valence-corrected chi connectivity index (χ2v) is 3.00. The summed E-state index contributed by atoms with van der Waals surface area (Å²) in [4.78, 5) is 0. The standard InChI is InChI=1S/C7H12O2/c1-5-6(2)7(5)8-3-4-9-7/h5-6H,3-4H2,1-2H3/t5-,6+. The summed E-state index contributed by atoms with van der Waals surface area (Å²) in [6.45, 7) is 5.93. The minimum absolute atomic E-state index is 0.139. The lowest BCUT2D eigenvalue weighted by Crippen LogP contribution is -2.12. The van der Waals surface area contributed by atoms with Crippen LogP contribution < -0.4 is 0 Å². The van der Waals surface area contributed by atoms with E-state index in [9.17, 15) is 0 Å². The second-order valence-electron chi connectivity index (χ2n) is 3.00. The highest BCUT2D eigenvalue weighted by atomic mass is 16.7. The lowest BCUT2D eigenvalue weighted by molar-refractivity contribution is -0.0897. The molecule has 0 aromatic heterocycles. The third kappa shape index (κ3) is 0.528. The van der Waals surface area contributed by atoms with Gasteiger partial charge in [0.2, 0.25) is 0 Å². The Balaban J connectivity index is 2.11. The first kappa shape index (κ1) is 5.69. The SMILES string of the molecule is C[C@@H]1[C@H](C)C12OCCO2. The maximum atomic E-state index is 5.45. The third-order valence-corrected chi connectivity index (χ3v) is 2.65. The van der Waals surface area contributed by atoms with E-state index in [4.69, 9.17) is 9.47 Å². The zero-order valence-electron chi connectivity index (χ0n) is 5.89. The van der Waals surface area contributed by atoms with E-state index in [2.05, 4.69) is 13.8 Å². The first-order valence-electron chi connectivity index (χ1n) is 3.55. The minimum atomic E-state index is -0.139. The van der Waals surface area contributed by atoms with E-state index in [0.717, 1.165) is 13.2 Å². The van der Waals surface area contributed by atoms with Gasteiger partial charge in [0, 0.05) is 11.8 Å². The van der Waals surface area contributed by atoms with Gasteiger partial charge in [-0.3, -0.25) is 0 Å². The molecule has 1 aliphatic heterocycles. The monoisotopic (exact) mass is 128 g/mol. The largest absolute Gasteiger partial charge is 0.347 e. The van der Waals surface area contributed by atoms with Crippen LogP contribution in [0.25, 0.3) is 0 Å². The molecule has 52 valence electrons. The number of ether oxygens (including phenoxy) is 2. The number of hydrogen-bond donors (Lipinski definition) is 0. The summed E-state index contributed by atoms with van der Waals surface area (Å²) in [5.41, 5.74) is 0. The first-order valence-corrected chi connectivity index (χ1v) is 3.55. The van der Waals surface area contributed by atoms with Gasteiger partial charge in [0.1, 0.15) is 0 Å². The van der Waals surface area contributed by atoms with Gasteiger partial charge < -0.3 is 9.47 Å². The summed E-state index contributed by atoms with van der Waals surface area (Å²) >= 11 is 0. The van der Waals surface area contributed by atoms with Gasteiger partial charge in [-0.2, -0.15) is 0 Å². The van der Waals surface area contributed by atoms with Gasteiger partial charge in [-0.15, -0.1) is 0 Å². The highest BCUT2D eigenvalue weighted by Crippen LogP contribution is 2.55. The van der Waals surface area contributed by atoms with Gasteiger partial charge in [-0.1, -0.05) is 13.8 Å². The molecule has 2 atom stereocenters. The molecule has 1 heterocycles. The second kappa shape index (κ2) is 1.50. The highest BCUT2D eigenvalue weighted by Gasteiger charge is 2.64. The molecule has 1 saturated carbocycles. The van der Waals surface area contributed by atoms with Crippen LogP contribution in [0, 0.1) is 11.8 Å². The van der Waals surface area contributed by atoms with E-state index < -0.39 is 0 Å². The highest BCUT2D eigenvalue weighted by molar-refractivity contribution is 5.03. The van der Waals surface area contributed by atoms with Crippen molar-refractivity contribution in [3.63, 3.8) is 0 Å². The van der Waals surface area contributed by atoms with Crippen LogP contribution in [0.5, 0.6) is 0 Å². The predicted octanol–water partition coefficient (Wildman–Crippen LogP) is 1.02. The maximum Gasteiger partial charge on any atom is 0.174 e. The fourth-order valence-electron chi connectivity index (χ4n) is 1.67. The Bertz CT molecular complexity index is 117. The van der Waals surface area contributed by atoms with Crippen molar-refractivity contribution in [3.8, 4) is 0 Å². The van der Waals surface area contributed by atoms with E-state index in [1.807, 2.05) is 0 Å². The Labute approximate surface area is 55.1 Å². The van der Waals surface area contributed by atoms with Gasteiger partial charge in [0.05, 0.1) is 13.2 Å². The van der Waals surface area contributed by atoms with Crippen molar-refractivity contribution in [2.24, 2.45) is 11.8 Å². The maximum absolute atomic E-state index is 5.45. The molecule has 2 heteroatoms. The van der Waals surface area contributed by atoms with Crippen molar-refractivity contribution < 1.29 is 9.47 Å². The average molecular weight is 128 g/mol. The van der Waals surface area contributed by atoms with Crippen LogP contribution in [0.3, 0.4) is 0 Å². The summed E-state index contributed by atoms with van der Waals surface area (Å²) in [6.07, 6.45) is 0. The smallest absolute Gasteiger partial charge is 0.174 e. The molecule has 0 amide bonds. The van der Waals surface area contributed by atoms with E-state index >= 15 is 0 Å². The zero-order valence-corrected chi connectivity index (χ0v) is 5.89. The van der Waals surface area contributed by atoms with Gasteiger partial charge in [0.15, 0.2) is 5.79 Å². The molecule has 0 bridgehead atoms. The van der Waals surface area contributed by atoms with Crippen molar-refractivity contribution in [2.75, 3.05) is 13.2 Å². The Hall–Kier alpha value is -0.0800. The van der Waals surface area contributed by atoms with Crippen molar-refractivity contribution >= 4 is 0 Å². The van der Waals surface area contributed by atoms with Crippen LogP contribution in [-0.4, -0.2) is 19.0 Å². The molecule has 2 fully saturated rings. The number of hydrogen-bond acceptors (Lipinski definition) is 2. The normalized spacial score (nSPS) is 46.0. The third-order valence-electron chi connectivity index (χ3n) is 2.65. The molecule has 1 saturated heterocycles. The molecular formula is C7H12O2. The Morgan fingerprint density at radius 2 is 1.56 bits per heavy atom. The van der Waals surface area contributed by atoms with Crippen molar-refractivity contribution in [1.29, 1.82) is 0 Å². The summed E-state index contributed by atoms with van der Waals surface area (Å²) in [6, 6.07) is 0. The molecule has 2 nitrogen and oxygen atoms in total. The minimum Gasteiger partial charge on any atom is -0.347 e. The summed E-state index contributed by atoms with van der Waals surface area (Å²) in [7, 11) is 0. The Morgan fingerprint density at radius 1 is 1.11 bits per heavy atom. The van der Waals surface area contributed by atoms with E-state index in [0.29, 0.717) is 11.8 Å². The fourth-order valence-corrected chi connectivity index (χ4v) is 1.67. The zero-order chi connectivity index (χ0) is 6.48. The van der Waals surface area contributed by atoms with Crippen LogP contribution in [0.15, 0.2) is 0 Å². The summed E-state index contributed by atoms with van der Waals surface area (Å²) in [5, 5.41) is 0. The van der Waals surface area contributed by atoms with E-state index in [1.54, 1.807) is 0 Å². The van der Waals surface area contributed by atoms with Crippen LogP contribution in [0.2, 0.25) is 0 Å². The Kier molecular flexibility index (Phi) is 0.945. The van der Waals surface area contributed by atoms with Crippen molar-refractivity contribution in [1.82, 2.24) is 0 Å². The molecule has 0 unspecified atom stereocenters. The van der Waals surface area contributed by atoms with Gasteiger partial charge in [-0.25, -0.2) is 0 Å². The summed E-state index contributed by atoms with van der Waals surface area (Å²) < 4.78 is 10.9. The van der Waals surface area contributed by atoms with Crippen LogP contribution >= 0.6 is 0 Å². The molecule has 0 N–H and O–H groups in total. The lowest BCUT2D eigenvalue weighted by atomic mass is 10.4. The van der Waals surface area contributed by atoms with Crippen molar-refractivity contribution in [2.45, 2.75) is 19.6 Å². The predicted molar refractivity (Wildman–Crippen MR) is 33.0 cm³/mol. The molecule has 0 aromatic rings. The Morgan fingerprint density at radius 3 is 1.78 bits per heavy atom. The molecule has 2 aliphatic rings. The molecule has 1 spiro atoms. The van der Waals surface area contributed by atoms with Crippen LogP contribution in [0.4, 0.5) is 0 Å². The van der Waals surface area contributed by atoms with Crippen LogP contribution in [-0.2, 0) is 9.47 Å². The van der Waals surface area contributed by atoms with E-state index in [1.165, 1.54) is 0 Å². The first-order chi connectivity index (χ1) is 4.27. The topological polar surface area (TPSA) is 18.5 Å². The molecule has 0 aromatic carbocycles. The average Bonchev–Trinajstić information content (AvgIpc) is 2.44. The van der Waals surface area contributed by atoms with Gasteiger partial charge >= 0.3 is 0 Å². The molecule has 0 radical (unpaired) electrons. The molecule has 2 rings (SSSR count). The molecular weight excluding hydrogens is 116 g/mol. The lowest BCUT2D eigenvalue weighted by Gasteiger charge is -2.05. The van der Waals surface area contributed by atoms with Gasteiger partial charge in [-0.05, 0) is 0 Å². The van der Waals surface area contributed by atoms with E-state index in [-0.39, 0.29) is 5.79 Å². The van der Waals surface area contributed by atoms with Gasteiger partial charge in [0.25, 0.3) is 0 Å². The summed E-state index contributed by atoms with van der Waals surface area (Å²) in [5.74, 6) is 1.08. The molecule has 1 aliphatic carbocycles. The van der Waals surface area contributed by atoms with Crippen LogP contribution in [0.1, 0.15) is 13.8 Å². The molecule has 9 heavy (non-hydrogen) atoms. The van der Waals surface area contributed by atoms with Crippen molar-refractivity contribution in [3.05, 3.63) is 0 Å². The number of rotatable bonds is 0. The quantitative estimate of drug-likeness (QED) is 0.485. The fraction of sp³-hybridized carbons (Fsp3) is 1.00.